The Kier molecular flexibility index (Phi) is 5.44. The van der Waals surface area contributed by atoms with Crippen LogP contribution in [0.2, 0.25) is 0 Å². The first kappa shape index (κ1) is 13.3. The van der Waals surface area contributed by atoms with E-state index >= 15 is 0 Å². The third-order valence-corrected chi connectivity index (χ3v) is 4.70. The second-order valence-electron chi connectivity index (χ2n) is 5.02. The quantitative estimate of drug-likeness (QED) is 0.759. The number of hydrogen-bond acceptors (Lipinski definition) is 3. The van der Waals surface area contributed by atoms with Crippen molar-refractivity contribution in [3.63, 3.8) is 0 Å². The number of hydrogen-bond donors (Lipinski definition) is 1. The van der Waals surface area contributed by atoms with Crippen LogP contribution in [0.1, 0.15) is 33.1 Å². The number of nitrogens with one attached hydrogen (secondary N) is 1. The highest BCUT2D eigenvalue weighted by molar-refractivity contribution is 7.99. The highest BCUT2D eigenvalue weighted by Crippen LogP contribution is 2.29. The minimum absolute atomic E-state index is 0.0286. The Balaban J connectivity index is 2.33. The van der Waals surface area contributed by atoms with Gasteiger partial charge in [0.1, 0.15) is 0 Å². The molecule has 1 N–H and O–H groups in total. The fourth-order valence-electron chi connectivity index (χ4n) is 2.09. The first-order valence-corrected chi connectivity index (χ1v) is 7.04. The summed E-state index contributed by atoms with van der Waals surface area (Å²) in [7, 11) is 3.90. The standard InChI is InChI=1S/C12H25NOS/c1-12(2,14-4)7-5-11(13-3)10-6-8-15-9-10/h10-11,13H,5-9H2,1-4H3. The maximum Gasteiger partial charge on any atom is 0.0623 e. The van der Waals surface area contributed by atoms with Gasteiger partial charge in [0.25, 0.3) is 0 Å². The molecule has 90 valence electrons. The van der Waals surface area contributed by atoms with Gasteiger partial charge in [-0.15, -0.1) is 0 Å². The van der Waals surface area contributed by atoms with Crippen LogP contribution >= 0.6 is 11.8 Å². The Labute approximate surface area is 98.5 Å². The lowest BCUT2D eigenvalue weighted by molar-refractivity contribution is 0.0107. The zero-order chi connectivity index (χ0) is 11.3. The van der Waals surface area contributed by atoms with Gasteiger partial charge in [-0.05, 0) is 57.6 Å². The summed E-state index contributed by atoms with van der Waals surface area (Å²) in [6.45, 7) is 4.34. The highest BCUT2D eigenvalue weighted by atomic mass is 32.2. The van der Waals surface area contributed by atoms with E-state index in [4.69, 9.17) is 4.74 Å². The van der Waals surface area contributed by atoms with Crippen molar-refractivity contribution in [2.45, 2.75) is 44.8 Å². The largest absolute Gasteiger partial charge is 0.379 e. The minimum Gasteiger partial charge on any atom is -0.379 e. The van der Waals surface area contributed by atoms with Gasteiger partial charge in [0, 0.05) is 13.2 Å². The van der Waals surface area contributed by atoms with E-state index in [-0.39, 0.29) is 5.60 Å². The summed E-state index contributed by atoms with van der Waals surface area (Å²) in [5.74, 6) is 3.54. The van der Waals surface area contributed by atoms with E-state index in [1.54, 1.807) is 7.11 Å². The lowest BCUT2D eigenvalue weighted by atomic mass is 9.91. The second kappa shape index (κ2) is 6.12. The topological polar surface area (TPSA) is 21.3 Å². The zero-order valence-corrected chi connectivity index (χ0v) is 11.3. The van der Waals surface area contributed by atoms with E-state index in [0.29, 0.717) is 6.04 Å². The molecule has 0 aromatic carbocycles. The van der Waals surface area contributed by atoms with Gasteiger partial charge in [0.2, 0.25) is 0 Å². The lowest BCUT2D eigenvalue weighted by Crippen LogP contribution is -2.36. The minimum atomic E-state index is 0.0286. The molecule has 2 nitrogen and oxygen atoms in total. The lowest BCUT2D eigenvalue weighted by Gasteiger charge is -2.28. The normalized spacial score (nSPS) is 24.4. The fraction of sp³-hybridized carbons (Fsp3) is 1.00. The van der Waals surface area contributed by atoms with Gasteiger partial charge >= 0.3 is 0 Å². The SMILES string of the molecule is CNC(CCC(C)(C)OC)C1CCSC1. The number of ether oxygens (including phenoxy) is 1. The summed E-state index contributed by atoms with van der Waals surface area (Å²) in [5, 5.41) is 3.47. The average molecular weight is 231 g/mol. The number of thioether (sulfide) groups is 1. The van der Waals surface area contributed by atoms with Crippen LogP contribution < -0.4 is 5.32 Å². The Morgan fingerprint density at radius 2 is 2.27 bits per heavy atom. The fourth-order valence-corrected chi connectivity index (χ4v) is 3.43. The van der Waals surface area contributed by atoms with Gasteiger partial charge in [-0.2, -0.15) is 11.8 Å². The van der Waals surface area contributed by atoms with Crippen molar-refractivity contribution in [3.8, 4) is 0 Å². The predicted molar refractivity (Wildman–Crippen MR) is 68.6 cm³/mol. The summed E-state index contributed by atoms with van der Waals surface area (Å²) >= 11 is 2.09. The summed E-state index contributed by atoms with van der Waals surface area (Å²) in [5.41, 5.74) is 0.0286. The zero-order valence-electron chi connectivity index (χ0n) is 10.5. The summed E-state index contributed by atoms with van der Waals surface area (Å²) in [6, 6.07) is 0.675. The van der Waals surface area contributed by atoms with E-state index in [0.717, 1.165) is 12.3 Å². The van der Waals surface area contributed by atoms with Crippen LogP contribution in [0.25, 0.3) is 0 Å². The van der Waals surface area contributed by atoms with Crippen LogP contribution in [0.4, 0.5) is 0 Å². The third-order valence-electron chi connectivity index (χ3n) is 3.51. The van der Waals surface area contributed by atoms with Crippen LogP contribution in [0.15, 0.2) is 0 Å². The molecular weight excluding hydrogens is 206 g/mol. The molecule has 1 fully saturated rings. The summed E-state index contributed by atoms with van der Waals surface area (Å²) < 4.78 is 5.46. The van der Waals surface area contributed by atoms with E-state index in [1.807, 2.05) is 0 Å². The van der Waals surface area contributed by atoms with Gasteiger partial charge in [-0.1, -0.05) is 0 Å². The monoisotopic (exact) mass is 231 g/mol. The molecule has 1 rings (SSSR count). The van der Waals surface area contributed by atoms with E-state index < -0.39 is 0 Å². The molecule has 0 spiro atoms. The van der Waals surface area contributed by atoms with Crippen molar-refractivity contribution in [2.75, 3.05) is 25.7 Å². The third kappa shape index (κ3) is 4.33. The van der Waals surface area contributed by atoms with Crippen LogP contribution in [0.5, 0.6) is 0 Å². The van der Waals surface area contributed by atoms with Gasteiger partial charge in [-0.3, -0.25) is 0 Å². The van der Waals surface area contributed by atoms with Crippen LogP contribution in [-0.4, -0.2) is 37.3 Å². The smallest absolute Gasteiger partial charge is 0.0623 e. The molecule has 0 aromatic rings. The molecule has 0 aromatic heterocycles. The molecule has 0 aliphatic carbocycles. The molecule has 0 saturated carbocycles. The van der Waals surface area contributed by atoms with E-state index in [9.17, 15) is 0 Å². The van der Waals surface area contributed by atoms with Crippen LogP contribution in [0, 0.1) is 5.92 Å². The van der Waals surface area contributed by atoms with Gasteiger partial charge < -0.3 is 10.1 Å². The first-order chi connectivity index (χ1) is 7.09. The Bertz CT molecular complexity index is 178. The van der Waals surface area contributed by atoms with E-state index in [1.165, 1.54) is 24.3 Å². The molecule has 2 unspecified atom stereocenters. The summed E-state index contributed by atoms with van der Waals surface area (Å²) in [4.78, 5) is 0. The van der Waals surface area contributed by atoms with Crippen LogP contribution in [-0.2, 0) is 4.74 Å². The van der Waals surface area contributed by atoms with Gasteiger partial charge in [0.15, 0.2) is 0 Å². The number of methoxy groups -OCH3 is 1. The molecule has 1 aliphatic rings. The van der Waals surface area contributed by atoms with E-state index in [2.05, 4.69) is 38.0 Å². The average Bonchev–Trinajstić information content (AvgIpc) is 2.72. The Morgan fingerprint density at radius 3 is 2.73 bits per heavy atom. The molecule has 0 radical (unpaired) electrons. The molecule has 1 heterocycles. The molecular formula is C12H25NOS. The van der Waals surface area contributed by atoms with Crippen molar-refractivity contribution < 1.29 is 4.74 Å². The Hall–Kier alpha value is 0.270. The van der Waals surface area contributed by atoms with Gasteiger partial charge in [0.05, 0.1) is 5.60 Å². The van der Waals surface area contributed by atoms with Crippen LogP contribution in [0.3, 0.4) is 0 Å². The van der Waals surface area contributed by atoms with Crippen molar-refractivity contribution >= 4 is 11.8 Å². The Morgan fingerprint density at radius 1 is 1.53 bits per heavy atom. The summed E-state index contributed by atoms with van der Waals surface area (Å²) in [6.07, 6.45) is 3.74. The highest BCUT2D eigenvalue weighted by Gasteiger charge is 2.26. The van der Waals surface area contributed by atoms with Crippen molar-refractivity contribution in [1.82, 2.24) is 5.32 Å². The van der Waals surface area contributed by atoms with Crippen molar-refractivity contribution in [1.29, 1.82) is 0 Å². The predicted octanol–water partition coefficient (Wildman–Crippen LogP) is 2.53. The molecule has 0 bridgehead atoms. The molecule has 0 amide bonds. The number of rotatable bonds is 6. The first-order valence-electron chi connectivity index (χ1n) is 5.89. The molecule has 2 atom stereocenters. The van der Waals surface area contributed by atoms with Crippen molar-refractivity contribution in [3.05, 3.63) is 0 Å². The molecule has 1 aliphatic heterocycles. The molecule has 1 saturated heterocycles. The van der Waals surface area contributed by atoms with Gasteiger partial charge in [-0.25, -0.2) is 0 Å². The molecule has 15 heavy (non-hydrogen) atoms. The van der Waals surface area contributed by atoms with Crippen molar-refractivity contribution in [2.24, 2.45) is 5.92 Å². The maximum atomic E-state index is 5.46. The maximum absolute atomic E-state index is 5.46. The second-order valence-corrected chi connectivity index (χ2v) is 6.17. The molecule has 3 heteroatoms.